The fraction of sp³-hybridized carbons (Fsp3) is 0.200. The van der Waals surface area contributed by atoms with E-state index in [1.165, 1.54) is 27.1 Å². The Morgan fingerprint density at radius 3 is 2.39 bits per heavy atom. The first-order valence-corrected chi connectivity index (χ1v) is 10.5. The first-order chi connectivity index (χ1) is 15.0. The van der Waals surface area contributed by atoms with Crippen molar-refractivity contribution in [3.8, 4) is 33.9 Å². The Bertz CT molecular complexity index is 1410. The molecule has 0 N–H and O–H groups in total. The fourth-order valence-electron chi connectivity index (χ4n) is 4.22. The van der Waals surface area contributed by atoms with Gasteiger partial charge in [-0.3, -0.25) is 0 Å². The minimum absolute atomic E-state index is 0.604. The van der Waals surface area contributed by atoms with Crippen molar-refractivity contribution in [2.24, 2.45) is 7.05 Å². The van der Waals surface area contributed by atoms with Gasteiger partial charge in [-0.2, -0.15) is 4.80 Å². The van der Waals surface area contributed by atoms with Crippen molar-refractivity contribution < 1.29 is 0 Å². The second-order valence-corrected chi connectivity index (χ2v) is 7.85. The highest BCUT2D eigenvalue weighted by molar-refractivity contribution is 5.89. The quantitative estimate of drug-likeness (QED) is 0.410. The van der Waals surface area contributed by atoms with Crippen LogP contribution in [-0.4, -0.2) is 29.8 Å². The molecular formula is C25H24N6. The monoisotopic (exact) mass is 408 g/mol. The van der Waals surface area contributed by atoms with E-state index >= 15 is 0 Å². The number of hydrogen-bond donors (Lipinski definition) is 0. The highest BCUT2D eigenvalue weighted by atomic mass is 15.6. The maximum absolute atomic E-state index is 5.06. The summed E-state index contributed by atoms with van der Waals surface area (Å²) in [6.07, 6.45) is 0. The van der Waals surface area contributed by atoms with Crippen molar-refractivity contribution in [3.05, 3.63) is 71.8 Å². The van der Waals surface area contributed by atoms with Gasteiger partial charge >= 0.3 is 0 Å². The van der Waals surface area contributed by atoms with Gasteiger partial charge in [0, 0.05) is 17.7 Å². The van der Waals surface area contributed by atoms with Crippen LogP contribution < -0.4 is 0 Å². The summed E-state index contributed by atoms with van der Waals surface area (Å²) in [5.41, 5.74) is 9.04. The fourth-order valence-corrected chi connectivity index (χ4v) is 4.22. The molecule has 0 aliphatic heterocycles. The van der Waals surface area contributed by atoms with Crippen LogP contribution >= 0.6 is 0 Å². The van der Waals surface area contributed by atoms with Crippen molar-refractivity contribution in [2.45, 2.75) is 27.3 Å². The van der Waals surface area contributed by atoms with Crippen LogP contribution in [0.25, 0.3) is 44.9 Å². The van der Waals surface area contributed by atoms with E-state index in [4.69, 9.17) is 4.98 Å². The van der Waals surface area contributed by atoms with E-state index < -0.39 is 0 Å². The molecule has 2 aromatic heterocycles. The topological polar surface area (TPSA) is 61.4 Å². The van der Waals surface area contributed by atoms with E-state index in [1.54, 1.807) is 7.05 Å². The van der Waals surface area contributed by atoms with Crippen molar-refractivity contribution in [1.82, 2.24) is 29.8 Å². The van der Waals surface area contributed by atoms with E-state index in [0.29, 0.717) is 5.82 Å². The molecule has 31 heavy (non-hydrogen) atoms. The number of nitrogens with zero attached hydrogens (tertiary/aromatic N) is 6. The molecule has 3 aromatic carbocycles. The molecule has 0 aliphatic carbocycles. The highest BCUT2D eigenvalue weighted by Crippen LogP contribution is 2.35. The normalized spacial score (nSPS) is 11.4. The number of aromatic nitrogens is 6. The minimum atomic E-state index is 0.604. The molecule has 2 heterocycles. The van der Waals surface area contributed by atoms with Crippen LogP contribution in [0.5, 0.6) is 0 Å². The zero-order valence-electron chi connectivity index (χ0n) is 18.2. The molecule has 0 fully saturated rings. The number of tetrazole rings is 1. The molecule has 0 bridgehead atoms. The average molecular weight is 409 g/mol. The van der Waals surface area contributed by atoms with E-state index in [1.807, 2.05) is 12.1 Å². The minimum Gasteiger partial charge on any atom is -0.324 e. The van der Waals surface area contributed by atoms with E-state index in [9.17, 15) is 0 Å². The molecule has 0 saturated heterocycles. The van der Waals surface area contributed by atoms with Crippen molar-refractivity contribution in [1.29, 1.82) is 0 Å². The Hall–Kier alpha value is -3.80. The lowest BCUT2D eigenvalue weighted by atomic mass is 9.94. The number of rotatable bonds is 4. The van der Waals surface area contributed by atoms with Gasteiger partial charge in [0.15, 0.2) is 0 Å². The third kappa shape index (κ3) is 3.30. The van der Waals surface area contributed by atoms with E-state index in [0.717, 1.165) is 34.5 Å². The first kappa shape index (κ1) is 19.2. The predicted octanol–water partition coefficient (Wildman–Crippen LogP) is 5.20. The van der Waals surface area contributed by atoms with Crippen LogP contribution in [-0.2, 0) is 13.6 Å². The third-order valence-corrected chi connectivity index (χ3v) is 5.67. The molecule has 0 unspecified atom stereocenters. The summed E-state index contributed by atoms with van der Waals surface area (Å²) in [4.78, 5) is 6.53. The molecule has 0 radical (unpaired) electrons. The number of imidazole rings is 1. The highest BCUT2D eigenvalue weighted by Gasteiger charge is 2.17. The Kier molecular flexibility index (Phi) is 4.62. The van der Waals surface area contributed by atoms with Crippen LogP contribution in [0, 0.1) is 13.8 Å². The summed E-state index contributed by atoms with van der Waals surface area (Å²) in [5, 5.41) is 12.4. The van der Waals surface area contributed by atoms with Gasteiger partial charge in [0.25, 0.3) is 0 Å². The Morgan fingerprint density at radius 1 is 0.871 bits per heavy atom. The van der Waals surface area contributed by atoms with E-state index in [2.05, 4.69) is 89.3 Å². The van der Waals surface area contributed by atoms with Gasteiger partial charge in [-0.1, -0.05) is 48.0 Å². The molecule has 0 spiro atoms. The van der Waals surface area contributed by atoms with Crippen LogP contribution in [0.4, 0.5) is 0 Å². The molecule has 5 aromatic rings. The summed E-state index contributed by atoms with van der Waals surface area (Å²) in [6, 6.07) is 21.3. The van der Waals surface area contributed by atoms with Crippen molar-refractivity contribution in [3.63, 3.8) is 0 Å². The van der Waals surface area contributed by atoms with E-state index in [-0.39, 0.29) is 0 Å². The molecule has 0 amide bonds. The SMILES string of the molecule is CCn1c(-c2ccccc2-c2ccc(C)cc2C)nc2cc(-c3nnn(C)n3)ccc21. The number of fused-ring (bicyclic) bond motifs is 1. The summed E-state index contributed by atoms with van der Waals surface area (Å²) in [5.74, 6) is 1.57. The molecule has 6 heteroatoms. The maximum atomic E-state index is 5.06. The number of benzene rings is 3. The average Bonchev–Trinajstić information content (AvgIpc) is 3.36. The van der Waals surface area contributed by atoms with Gasteiger partial charge in [-0.15, -0.1) is 10.2 Å². The molecule has 154 valence electrons. The molecule has 6 nitrogen and oxygen atoms in total. The second kappa shape index (κ2) is 7.47. The Morgan fingerprint density at radius 2 is 1.68 bits per heavy atom. The predicted molar refractivity (Wildman–Crippen MR) is 124 cm³/mol. The largest absolute Gasteiger partial charge is 0.324 e. The molecule has 0 aliphatic rings. The van der Waals surface area contributed by atoms with Crippen LogP contribution in [0.2, 0.25) is 0 Å². The van der Waals surface area contributed by atoms with Gasteiger partial charge in [-0.25, -0.2) is 4.98 Å². The lowest BCUT2D eigenvalue weighted by Gasteiger charge is -2.14. The van der Waals surface area contributed by atoms with Crippen LogP contribution in [0.15, 0.2) is 60.7 Å². The lowest BCUT2D eigenvalue weighted by molar-refractivity contribution is 0.630. The first-order valence-electron chi connectivity index (χ1n) is 10.5. The van der Waals surface area contributed by atoms with Gasteiger partial charge in [0.05, 0.1) is 18.1 Å². The Labute approximate surface area is 181 Å². The molecule has 0 atom stereocenters. The third-order valence-electron chi connectivity index (χ3n) is 5.67. The zero-order valence-corrected chi connectivity index (χ0v) is 18.2. The summed E-state index contributed by atoms with van der Waals surface area (Å²) in [7, 11) is 1.77. The van der Waals surface area contributed by atoms with Gasteiger partial charge in [-0.05, 0) is 60.9 Å². The van der Waals surface area contributed by atoms with Crippen LogP contribution in [0.1, 0.15) is 18.1 Å². The molecule has 5 rings (SSSR count). The summed E-state index contributed by atoms with van der Waals surface area (Å²) in [6.45, 7) is 7.28. The maximum Gasteiger partial charge on any atom is 0.204 e. The van der Waals surface area contributed by atoms with Gasteiger partial charge in [0.2, 0.25) is 5.82 Å². The number of aryl methyl sites for hydroxylation is 4. The van der Waals surface area contributed by atoms with Gasteiger partial charge < -0.3 is 4.57 Å². The second-order valence-electron chi connectivity index (χ2n) is 7.85. The zero-order chi connectivity index (χ0) is 21.5. The lowest BCUT2D eigenvalue weighted by Crippen LogP contribution is -1.99. The Balaban J connectivity index is 1.70. The van der Waals surface area contributed by atoms with Gasteiger partial charge in [0.1, 0.15) is 5.82 Å². The van der Waals surface area contributed by atoms with Crippen molar-refractivity contribution in [2.75, 3.05) is 0 Å². The molecular weight excluding hydrogens is 384 g/mol. The smallest absolute Gasteiger partial charge is 0.204 e. The summed E-state index contributed by atoms with van der Waals surface area (Å²) < 4.78 is 2.27. The van der Waals surface area contributed by atoms with Crippen LogP contribution in [0.3, 0.4) is 0 Å². The number of hydrogen-bond acceptors (Lipinski definition) is 4. The standard InChI is InChI=1S/C25H24N6/c1-5-31-23-13-11-18(24-27-29-30(4)28-24)15-22(23)26-25(31)21-9-7-6-8-20(21)19-12-10-16(2)14-17(19)3/h6-15H,5H2,1-4H3. The molecule has 0 saturated carbocycles. The van der Waals surface area contributed by atoms with Crippen molar-refractivity contribution >= 4 is 11.0 Å². The summed E-state index contributed by atoms with van der Waals surface area (Å²) >= 11 is 0.